The first-order valence-electron chi connectivity index (χ1n) is 6.82. The Bertz CT molecular complexity index is 434. The lowest BCUT2D eigenvalue weighted by molar-refractivity contribution is -0.133. The Kier molecular flexibility index (Phi) is 6.82. The molecular formula is C15H23ClN2O2. The van der Waals surface area contributed by atoms with E-state index in [1.54, 1.807) is 12.0 Å². The van der Waals surface area contributed by atoms with Gasteiger partial charge in [0.05, 0.1) is 13.2 Å². The Morgan fingerprint density at radius 1 is 1.45 bits per heavy atom. The zero-order chi connectivity index (χ0) is 13.7. The van der Waals surface area contributed by atoms with Gasteiger partial charge in [-0.05, 0) is 37.1 Å². The van der Waals surface area contributed by atoms with Gasteiger partial charge in [-0.1, -0.05) is 18.6 Å². The van der Waals surface area contributed by atoms with Gasteiger partial charge in [-0.25, -0.2) is 0 Å². The highest BCUT2D eigenvalue weighted by atomic mass is 35.5. The second-order valence-corrected chi connectivity index (χ2v) is 5.05. The number of nitrogens with one attached hydrogen (secondary N) is 1. The molecule has 1 aromatic rings. The van der Waals surface area contributed by atoms with Crippen LogP contribution in [0.5, 0.6) is 5.75 Å². The summed E-state index contributed by atoms with van der Waals surface area (Å²) < 4.78 is 5.20. The summed E-state index contributed by atoms with van der Waals surface area (Å²) >= 11 is 0. The molecule has 0 aliphatic carbocycles. The minimum atomic E-state index is -0.00985. The fourth-order valence-corrected chi connectivity index (χ4v) is 2.45. The summed E-state index contributed by atoms with van der Waals surface area (Å²) in [7, 11) is 3.51. The molecule has 1 N–H and O–H groups in total. The zero-order valence-electron chi connectivity index (χ0n) is 12.1. The molecule has 0 bridgehead atoms. The Morgan fingerprint density at radius 2 is 2.25 bits per heavy atom. The molecular weight excluding hydrogens is 276 g/mol. The topological polar surface area (TPSA) is 41.6 Å². The minimum Gasteiger partial charge on any atom is -0.497 e. The molecule has 4 nitrogen and oxygen atoms in total. The van der Waals surface area contributed by atoms with E-state index in [1.807, 2.05) is 31.3 Å². The van der Waals surface area contributed by atoms with Crippen LogP contribution in [0.15, 0.2) is 24.3 Å². The third-order valence-corrected chi connectivity index (χ3v) is 3.54. The van der Waals surface area contributed by atoms with Gasteiger partial charge in [-0.3, -0.25) is 4.79 Å². The standard InChI is InChI=1S/C15H22N2O2.ClH/c1-17(15(18)14-8-3-4-9-16-14)11-12-6-5-7-13(10-12)19-2;/h5-7,10,14,16H,3-4,8-9,11H2,1-2H3;1H. The number of hydrogen-bond acceptors (Lipinski definition) is 3. The van der Waals surface area contributed by atoms with E-state index in [0.29, 0.717) is 6.54 Å². The summed E-state index contributed by atoms with van der Waals surface area (Å²) in [6.07, 6.45) is 3.25. The molecule has 1 heterocycles. The second-order valence-electron chi connectivity index (χ2n) is 5.05. The number of likely N-dealkylation sites (N-methyl/N-ethyl adjacent to an activating group) is 1. The summed E-state index contributed by atoms with van der Waals surface area (Å²) in [5, 5.41) is 3.29. The van der Waals surface area contributed by atoms with Crippen molar-refractivity contribution in [2.45, 2.75) is 31.8 Å². The van der Waals surface area contributed by atoms with Gasteiger partial charge in [0.25, 0.3) is 0 Å². The number of carbonyl (C=O) groups is 1. The Morgan fingerprint density at radius 3 is 2.90 bits per heavy atom. The molecule has 2 rings (SSSR count). The van der Waals surface area contributed by atoms with Crippen LogP contribution in [0.2, 0.25) is 0 Å². The number of amides is 1. The van der Waals surface area contributed by atoms with Gasteiger partial charge >= 0.3 is 0 Å². The molecule has 1 aromatic carbocycles. The van der Waals surface area contributed by atoms with Crippen LogP contribution in [0.25, 0.3) is 0 Å². The molecule has 1 aliphatic heterocycles. The first-order valence-corrected chi connectivity index (χ1v) is 6.82. The number of benzene rings is 1. The van der Waals surface area contributed by atoms with Crippen molar-refractivity contribution in [3.63, 3.8) is 0 Å². The lowest BCUT2D eigenvalue weighted by atomic mass is 10.0. The van der Waals surface area contributed by atoms with Crippen LogP contribution in [0.3, 0.4) is 0 Å². The van der Waals surface area contributed by atoms with E-state index in [4.69, 9.17) is 4.74 Å². The van der Waals surface area contributed by atoms with Crippen molar-refractivity contribution in [1.82, 2.24) is 10.2 Å². The average molecular weight is 299 g/mol. The molecule has 0 saturated carbocycles. The van der Waals surface area contributed by atoms with E-state index < -0.39 is 0 Å². The molecule has 1 saturated heterocycles. The van der Waals surface area contributed by atoms with Gasteiger partial charge in [0.2, 0.25) is 5.91 Å². The summed E-state index contributed by atoms with van der Waals surface area (Å²) in [4.78, 5) is 14.1. The molecule has 112 valence electrons. The Hall–Kier alpha value is -1.26. The number of piperidine rings is 1. The number of halogens is 1. The van der Waals surface area contributed by atoms with Crippen molar-refractivity contribution in [3.05, 3.63) is 29.8 Å². The van der Waals surface area contributed by atoms with Crippen LogP contribution < -0.4 is 10.1 Å². The largest absolute Gasteiger partial charge is 0.497 e. The maximum atomic E-state index is 12.3. The Labute approximate surface area is 126 Å². The van der Waals surface area contributed by atoms with Crippen LogP contribution in [-0.2, 0) is 11.3 Å². The van der Waals surface area contributed by atoms with Crippen molar-refractivity contribution in [1.29, 1.82) is 0 Å². The van der Waals surface area contributed by atoms with E-state index in [2.05, 4.69) is 5.32 Å². The number of methoxy groups -OCH3 is 1. The van der Waals surface area contributed by atoms with Crippen LogP contribution in [0.1, 0.15) is 24.8 Å². The highest BCUT2D eigenvalue weighted by Crippen LogP contribution is 2.15. The predicted molar refractivity (Wildman–Crippen MR) is 82.4 cm³/mol. The molecule has 1 aliphatic rings. The fourth-order valence-electron chi connectivity index (χ4n) is 2.45. The van der Waals surface area contributed by atoms with E-state index >= 15 is 0 Å². The number of rotatable bonds is 4. The normalized spacial score (nSPS) is 18.0. The van der Waals surface area contributed by atoms with E-state index in [0.717, 1.165) is 30.7 Å². The highest BCUT2D eigenvalue weighted by Gasteiger charge is 2.23. The molecule has 5 heteroatoms. The van der Waals surface area contributed by atoms with E-state index in [9.17, 15) is 4.79 Å². The molecule has 1 fully saturated rings. The summed E-state index contributed by atoms with van der Waals surface area (Å²) in [6.45, 7) is 1.57. The molecule has 0 spiro atoms. The lowest BCUT2D eigenvalue weighted by Crippen LogP contribution is -2.46. The maximum absolute atomic E-state index is 12.3. The smallest absolute Gasteiger partial charge is 0.239 e. The minimum absolute atomic E-state index is 0. The third kappa shape index (κ3) is 4.39. The van der Waals surface area contributed by atoms with Gasteiger partial charge in [0, 0.05) is 13.6 Å². The lowest BCUT2D eigenvalue weighted by Gasteiger charge is -2.27. The first-order chi connectivity index (χ1) is 9.20. The number of hydrogen-bond donors (Lipinski definition) is 1. The molecule has 1 amide bonds. The number of nitrogens with zero attached hydrogens (tertiary/aromatic N) is 1. The van der Waals surface area contributed by atoms with Crippen molar-refractivity contribution in [2.24, 2.45) is 0 Å². The van der Waals surface area contributed by atoms with Crippen molar-refractivity contribution in [3.8, 4) is 5.75 Å². The molecule has 20 heavy (non-hydrogen) atoms. The van der Waals surface area contributed by atoms with Crippen molar-refractivity contribution < 1.29 is 9.53 Å². The van der Waals surface area contributed by atoms with Crippen LogP contribution >= 0.6 is 12.4 Å². The van der Waals surface area contributed by atoms with Crippen molar-refractivity contribution in [2.75, 3.05) is 20.7 Å². The molecule has 0 radical (unpaired) electrons. The van der Waals surface area contributed by atoms with Gasteiger partial charge in [-0.2, -0.15) is 0 Å². The average Bonchev–Trinajstić information content (AvgIpc) is 2.47. The molecule has 1 unspecified atom stereocenters. The van der Waals surface area contributed by atoms with Gasteiger partial charge in [0.1, 0.15) is 5.75 Å². The number of carbonyl (C=O) groups excluding carboxylic acids is 1. The Balaban J connectivity index is 0.00000200. The van der Waals surface area contributed by atoms with Gasteiger partial charge in [0.15, 0.2) is 0 Å². The monoisotopic (exact) mass is 298 g/mol. The van der Waals surface area contributed by atoms with Gasteiger partial charge < -0.3 is 15.0 Å². The third-order valence-electron chi connectivity index (χ3n) is 3.54. The van der Waals surface area contributed by atoms with E-state index in [-0.39, 0.29) is 24.4 Å². The van der Waals surface area contributed by atoms with Gasteiger partial charge in [-0.15, -0.1) is 12.4 Å². The van der Waals surface area contributed by atoms with Crippen LogP contribution in [0, 0.1) is 0 Å². The summed E-state index contributed by atoms with van der Waals surface area (Å²) in [6, 6.07) is 7.84. The number of ether oxygens (including phenoxy) is 1. The summed E-state index contributed by atoms with van der Waals surface area (Å²) in [5.74, 6) is 1.01. The molecule has 0 aromatic heterocycles. The second kappa shape index (κ2) is 8.12. The first kappa shape index (κ1) is 16.8. The maximum Gasteiger partial charge on any atom is 0.239 e. The highest BCUT2D eigenvalue weighted by molar-refractivity contribution is 5.85. The van der Waals surface area contributed by atoms with Crippen LogP contribution in [0.4, 0.5) is 0 Å². The van der Waals surface area contributed by atoms with Crippen molar-refractivity contribution >= 4 is 18.3 Å². The van der Waals surface area contributed by atoms with E-state index in [1.165, 1.54) is 6.42 Å². The SMILES string of the molecule is COc1cccc(CN(C)C(=O)C2CCCCN2)c1.Cl. The molecule has 1 atom stereocenters. The quantitative estimate of drug-likeness (QED) is 0.927. The zero-order valence-corrected chi connectivity index (χ0v) is 12.9. The fraction of sp³-hybridized carbons (Fsp3) is 0.533. The predicted octanol–water partition coefficient (Wildman–Crippen LogP) is 2.22. The van der Waals surface area contributed by atoms with Crippen LogP contribution in [-0.4, -0.2) is 37.6 Å². The summed E-state index contributed by atoms with van der Waals surface area (Å²) in [5.41, 5.74) is 1.09.